The molecule has 0 bridgehead atoms. The molecule has 3 nitrogen and oxygen atoms in total. The van der Waals surface area contributed by atoms with Gasteiger partial charge in [0.1, 0.15) is 0 Å². The predicted molar refractivity (Wildman–Crippen MR) is 81.0 cm³/mol. The molecule has 3 heteroatoms. The van der Waals surface area contributed by atoms with Crippen molar-refractivity contribution < 1.29 is 4.79 Å². The molecule has 0 aromatic rings. The monoisotopic (exact) mass is 268 g/mol. The molecule has 2 N–H and O–H groups in total. The van der Waals surface area contributed by atoms with Crippen LogP contribution in [-0.2, 0) is 4.79 Å². The van der Waals surface area contributed by atoms with E-state index in [0.717, 1.165) is 18.9 Å². The highest BCUT2D eigenvalue weighted by Crippen LogP contribution is 2.33. The van der Waals surface area contributed by atoms with Crippen LogP contribution in [0.4, 0.5) is 0 Å². The topological polar surface area (TPSA) is 41.1 Å². The van der Waals surface area contributed by atoms with Crippen LogP contribution in [-0.4, -0.2) is 24.0 Å². The minimum Gasteiger partial charge on any atom is -0.351 e. The first-order valence-corrected chi connectivity index (χ1v) is 7.84. The van der Waals surface area contributed by atoms with Gasteiger partial charge in [-0.05, 0) is 51.0 Å². The van der Waals surface area contributed by atoms with Crippen LogP contribution in [0.2, 0.25) is 0 Å². The van der Waals surface area contributed by atoms with Gasteiger partial charge in [-0.1, -0.05) is 34.1 Å². The van der Waals surface area contributed by atoms with E-state index in [2.05, 4.69) is 31.4 Å². The van der Waals surface area contributed by atoms with E-state index in [1.807, 2.05) is 20.8 Å². The molecule has 1 amide bonds. The Bertz CT molecular complexity index is 299. The van der Waals surface area contributed by atoms with Crippen molar-refractivity contribution in [3.05, 3.63) is 0 Å². The fraction of sp³-hybridized carbons (Fsp3) is 0.938. The van der Waals surface area contributed by atoms with Gasteiger partial charge in [0.25, 0.3) is 0 Å². The van der Waals surface area contributed by atoms with E-state index in [0.29, 0.717) is 17.9 Å². The van der Waals surface area contributed by atoms with Crippen LogP contribution < -0.4 is 10.6 Å². The lowest BCUT2D eigenvalue weighted by atomic mass is 9.74. The van der Waals surface area contributed by atoms with Gasteiger partial charge >= 0.3 is 0 Å². The fourth-order valence-electron chi connectivity index (χ4n) is 3.24. The highest BCUT2D eigenvalue weighted by Gasteiger charge is 2.35. The smallest absolute Gasteiger partial charge is 0.239 e. The van der Waals surface area contributed by atoms with Crippen molar-refractivity contribution in [2.45, 2.75) is 72.4 Å². The first-order valence-electron chi connectivity index (χ1n) is 7.84. The second-order valence-electron chi connectivity index (χ2n) is 7.06. The molecule has 3 atom stereocenters. The van der Waals surface area contributed by atoms with Crippen LogP contribution in [0.15, 0.2) is 0 Å². The molecular weight excluding hydrogens is 236 g/mol. The number of carbonyl (C=O) groups excluding carboxylic acids is 1. The molecule has 1 aliphatic carbocycles. The highest BCUT2D eigenvalue weighted by molar-refractivity contribution is 5.85. The van der Waals surface area contributed by atoms with Crippen molar-refractivity contribution in [1.82, 2.24) is 10.6 Å². The minimum atomic E-state index is -0.475. The maximum atomic E-state index is 12.4. The van der Waals surface area contributed by atoms with Gasteiger partial charge in [-0.2, -0.15) is 0 Å². The Balaban J connectivity index is 2.68. The standard InChI is InChI=1S/C16H32N2O/c1-7-17-16(5,6)15(19)18-14-10-12(4)8-9-13(14)11(2)3/h11-14,17H,7-10H2,1-6H3,(H,18,19). The minimum absolute atomic E-state index is 0.138. The summed E-state index contributed by atoms with van der Waals surface area (Å²) in [4.78, 5) is 12.4. The molecule has 0 aromatic heterocycles. The molecule has 0 aliphatic heterocycles. The van der Waals surface area contributed by atoms with E-state index in [4.69, 9.17) is 0 Å². The summed E-state index contributed by atoms with van der Waals surface area (Å²) in [5, 5.41) is 6.56. The Hall–Kier alpha value is -0.570. The Morgan fingerprint density at radius 1 is 1.32 bits per heavy atom. The molecule has 0 radical (unpaired) electrons. The second kappa shape index (κ2) is 6.74. The number of carbonyl (C=O) groups is 1. The van der Waals surface area contributed by atoms with E-state index in [1.54, 1.807) is 0 Å². The van der Waals surface area contributed by atoms with E-state index in [1.165, 1.54) is 12.8 Å². The second-order valence-corrected chi connectivity index (χ2v) is 7.06. The third kappa shape index (κ3) is 4.48. The normalized spacial score (nSPS) is 28.5. The Morgan fingerprint density at radius 3 is 2.47 bits per heavy atom. The maximum Gasteiger partial charge on any atom is 0.239 e. The van der Waals surface area contributed by atoms with E-state index in [9.17, 15) is 4.79 Å². The maximum absolute atomic E-state index is 12.4. The lowest BCUT2D eigenvalue weighted by Gasteiger charge is -2.39. The molecule has 0 aromatic carbocycles. The first kappa shape index (κ1) is 16.5. The average molecular weight is 268 g/mol. The van der Waals surface area contributed by atoms with Gasteiger partial charge in [0.15, 0.2) is 0 Å². The van der Waals surface area contributed by atoms with Crippen LogP contribution in [0, 0.1) is 17.8 Å². The van der Waals surface area contributed by atoms with Crippen LogP contribution in [0.5, 0.6) is 0 Å². The molecule has 19 heavy (non-hydrogen) atoms. The van der Waals surface area contributed by atoms with Gasteiger partial charge in [0, 0.05) is 6.04 Å². The summed E-state index contributed by atoms with van der Waals surface area (Å²) in [6.07, 6.45) is 3.66. The van der Waals surface area contributed by atoms with Gasteiger partial charge in [0.2, 0.25) is 5.91 Å². The largest absolute Gasteiger partial charge is 0.351 e. The molecule has 1 rings (SSSR count). The Kier molecular flexibility index (Phi) is 5.84. The summed E-state index contributed by atoms with van der Waals surface area (Å²) in [5.74, 6) is 2.12. The van der Waals surface area contributed by atoms with Crippen molar-refractivity contribution in [1.29, 1.82) is 0 Å². The van der Waals surface area contributed by atoms with Crippen LogP contribution in [0.25, 0.3) is 0 Å². The van der Waals surface area contributed by atoms with Crippen molar-refractivity contribution >= 4 is 5.91 Å². The number of rotatable bonds is 5. The molecule has 0 heterocycles. The molecule has 1 fully saturated rings. The summed E-state index contributed by atoms with van der Waals surface area (Å²) in [6, 6.07) is 0.342. The number of likely N-dealkylation sites (N-methyl/N-ethyl adjacent to an activating group) is 1. The molecule has 3 unspecified atom stereocenters. The summed E-state index contributed by atoms with van der Waals surface area (Å²) in [6.45, 7) is 13.6. The van der Waals surface area contributed by atoms with Gasteiger partial charge in [0.05, 0.1) is 5.54 Å². The van der Waals surface area contributed by atoms with Crippen molar-refractivity contribution in [3.63, 3.8) is 0 Å². The zero-order valence-corrected chi connectivity index (χ0v) is 13.5. The molecule has 112 valence electrons. The molecular formula is C16H32N2O. The molecule has 1 saturated carbocycles. The number of hydrogen-bond donors (Lipinski definition) is 2. The lowest BCUT2D eigenvalue weighted by Crippen LogP contribution is -2.57. The Labute approximate surface area is 118 Å². The summed E-state index contributed by atoms with van der Waals surface area (Å²) < 4.78 is 0. The van der Waals surface area contributed by atoms with Crippen LogP contribution >= 0.6 is 0 Å². The van der Waals surface area contributed by atoms with E-state index < -0.39 is 5.54 Å². The SMILES string of the molecule is CCNC(C)(C)C(=O)NC1CC(C)CCC1C(C)C. The number of amides is 1. The summed E-state index contributed by atoms with van der Waals surface area (Å²) >= 11 is 0. The zero-order chi connectivity index (χ0) is 14.6. The van der Waals surface area contributed by atoms with Crippen LogP contribution in [0.1, 0.15) is 60.8 Å². The Morgan fingerprint density at radius 2 is 1.95 bits per heavy atom. The van der Waals surface area contributed by atoms with Crippen molar-refractivity contribution in [2.24, 2.45) is 17.8 Å². The number of nitrogens with one attached hydrogen (secondary N) is 2. The third-order valence-corrected chi connectivity index (χ3v) is 4.53. The molecule has 0 saturated heterocycles. The van der Waals surface area contributed by atoms with Gasteiger partial charge in [-0.25, -0.2) is 0 Å². The first-order chi connectivity index (χ1) is 8.77. The molecule has 1 aliphatic rings. The quantitative estimate of drug-likeness (QED) is 0.805. The van der Waals surface area contributed by atoms with Crippen molar-refractivity contribution in [2.75, 3.05) is 6.54 Å². The lowest BCUT2D eigenvalue weighted by molar-refractivity contribution is -0.128. The average Bonchev–Trinajstić information content (AvgIpc) is 2.28. The fourth-order valence-corrected chi connectivity index (χ4v) is 3.24. The molecule has 0 spiro atoms. The summed E-state index contributed by atoms with van der Waals surface area (Å²) in [7, 11) is 0. The number of hydrogen-bond acceptors (Lipinski definition) is 2. The predicted octanol–water partition coefficient (Wildman–Crippen LogP) is 2.95. The van der Waals surface area contributed by atoms with Gasteiger partial charge < -0.3 is 10.6 Å². The zero-order valence-electron chi connectivity index (χ0n) is 13.5. The summed E-state index contributed by atoms with van der Waals surface area (Å²) in [5.41, 5.74) is -0.475. The van der Waals surface area contributed by atoms with E-state index >= 15 is 0 Å². The van der Waals surface area contributed by atoms with Gasteiger partial charge in [-0.15, -0.1) is 0 Å². The third-order valence-electron chi connectivity index (χ3n) is 4.53. The van der Waals surface area contributed by atoms with Crippen LogP contribution in [0.3, 0.4) is 0 Å². The van der Waals surface area contributed by atoms with E-state index in [-0.39, 0.29) is 5.91 Å². The van der Waals surface area contributed by atoms with Gasteiger partial charge in [-0.3, -0.25) is 4.79 Å². The highest BCUT2D eigenvalue weighted by atomic mass is 16.2. The van der Waals surface area contributed by atoms with Crippen molar-refractivity contribution in [3.8, 4) is 0 Å².